The molecule has 1 aliphatic heterocycles. The number of anilines is 2. The van der Waals surface area contributed by atoms with E-state index < -0.39 is 34.2 Å². The summed E-state index contributed by atoms with van der Waals surface area (Å²) in [6, 6.07) is 9.58. The van der Waals surface area contributed by atoms with E-state index in [1.807, 2.05) is 0 Å². The molecule has 1 N–H and O–H groups in total. The van der Waals surface area contributed by atoms with Gasteiger partial charge in [0, 0.05) is 30.3 Å². The standard InChI is InChI=1S/C19H16FN3O5/c1-11(24)12-3-2-4-14(7-12)21-19(26)13-8-18(25)22(10-13)15-5-6-16(20)17(9-15)23(27)28/h2-7,9,13H,8,10H2,1H3,(H,21,26). The Balaban J connectivity index is 1.75. The van der Waals surface area contributed by atoms with Crippen LogP contribution in [0.5, 0.6) is 0 Å². The molecular formula is C19H16FN3O5. The van der Waals surface area contributed by atoms with Gasteiger partial charge in [-0.25, -0.2) is 0 Å². The van der Waals surface area contributed by atoms with Crippen LogP contribution in [0.1, 0.15) is 23.7 Å². The smallest absolute Gasteiger partial charge is 0.306 e. The quantitative estimate of drug-likeness (QED) is 0.483. The summed E-state index contributed by atoms with van der Waals surface area (Å²) in [6.45, 7) is 1.43. The Morgan fingerprint density at radius 2 is 2.00 bits per heavy atom. The molecule has 2 amide bonds. The molecule has 144 valence electrons. The summed E-state index contributed by atoms with van der Waals surface area (Å²) in [5, 5.41) is 13.6. The van der Waals surface area contributed by atoms with Gasteiger partial charge in [0.05, 0.1) is 16.5 Å². The molecule has 0 spiro atoms. The third-order valence-electron chi connectivity index (χ3n) is 4.47. The number of ketones is 1. The van der Waals surface area contributed by atoms with Crippen molar-refractivity contribution in [3.63, 3.8) is 0 Å². The molecule has 1 saturated heterocycles. The Morgan fingerprint density at radius 1 is 1.25 bits per heavy atom. The molecule has 1 unspecified atom stereocenters. The molecule has 2 aromatic rings. The number of hydrogen-bond acceptors (Lipinski definition) is 5. The van der Waals surface area contributed by atoms with E-state index >= 15 is 0 Å². The molecule has 0 aromatic heterocycles. The number of carbonyl (C=O) groups is 3. The van der Waals surface area contributed by atoms with Crippen LogP contribution in [0.25, 0.3) is 0 Å². The zero-order valence-corrected chi connectivity index (χ0v) is 14.8. The maximum absolute atomic E-state index is 13.5. The van der Waals surface area contributed by atoms with Crippen LogP contribution in [0.4, 0.5) is 21.5 Å². The number of Topliss-reactive ketones (excluding diaryl/α,β-unsaturated/α-hetero) is 1. The van der Waals surface area contributed by atoms with Crippen molar-refractivity contribution in [1.29, 1.82) is 0 Å². The largest absolute Gasteiger partial charge is 0.326 e. The van der Waals surface area contributed by atoms with Crippen LogP contribution in [-0.2, 0) is 9.59 Å². The molecule has 1 atom stereocenters. The van der Waals surface area contributed by atoms with Crippen LogP contribution in [0, 0.1) is 21.8 Å². The van der Waals surface area contributed by atoms with Crippen molar-refractivity contribution in [3.05, 3.63) is 64.0 Å². The van der Waals surface area contributed by atoms with Gasteiger partial charge in [0.15, 0.2) is 5.78 Å². The summed E-state index contributed by atoms with van der Waals surface area (Å²) in [5.41, 5.74) is 0.299. The molecule has 9 heteroatoms. The van der Waals surface area contributed by atoms with Crippen molar-refractivity contribution >= 4 is 34.7 Å². The second-order valence-corrected chi connectivity index (χ2v) is 6.42. The SMILES string of the molecule is CC(=O)c1cccc(NC(=O)C2CC(=O)N(c3ccc(F)c([N+](=O)[O-])c3)C2)c1. The van der Waals surface area contributed by atoms with Crippen molar-refractivity contribution in [2.24, 2.45) is 5.92 Å². The molecule has 28 heavy (non-hydrogen) atoms. The zero-order chi connectivity index (χ0) is 20.4. The molecule has 0 bridgehead atoms. The van der Waals surface area contributed by atoms with Crippen LogP contribution in [0.3, 0.4) is 0 Å². The van der Waals surface area contributed by atoms with Crippen molar-refractivity contribution in [3.8, 4) is 0 Å². The topological polar surface area (TPSA) is 110 Å². The highest BCUT2D eigenvalue weighted by molar-refractivity contribution is 6.04. The molecule has 1 aliphatic rings. The van der Waals surface area contributed by atoms with Gasteiger partial charge in [0.25, 0.3) is 0 Å². The number of nitrogens with one attached hydrogen (secondary N) is 1. The van der Waals surface area contributed by atoms with Crippen LogP contribution >= 0.6 is 0 Å². The molecule has 0 radical (unpaired) electrons. The number of nitrogens with zero attached hydrogens (tertiary/aromatic N) is 2. The van der Waals surface area contributed by atoms with Crippen molar-refractivity contribution in [2.45, 2.75) is 13.3 Å². The predicted octanol–water partition coefficient (Wildman–Crippen LogP) is 2.93. The lowest BCUT2D eigenvalue weighted by molar-refractivity contribution is -0.387. The Bertz CT molecular complexity index is 991. The van der Waals surface area contributed by atoms with E-state index in [9.17, 15) is 28.9 Å². The molecule has 1 heterocycles. The lowest BCUT2D eigenvalue weighted by atomic mass is 10.1. The van der Waals surface area contributed by atoms with Crippen LogP contribution in [0.2, 0.25) is 0 Å². The summed E-state index contributed by atoms with van der Waals surface area (Å²) < 4.78 is 13.5. The second-order valence-electron chi connectivity index (χ2n) is 6.42. The fraction of sp³-hybridized carbons (Fsp3) is 0.211. The first-order valence-corrected chi connectivity index (χ1v) is 8.42. The van der Waals surface area contributed by atoms with Gasteiger partial charge in [-0.15, -0.1) is 0 Å². The average Bonchev–Trinajstić information content (AvgIpc) is 3.04. The van der Waals surface area contributed by atoms with E-state index in [1.165, 1.54) is 24.0 Å². The maximum Gasteiger partial charge on any atom is 0.306 e. The fourth-order valence-electron chi connectivity index (χ4n) is 3.00. The Hall–Kier alpha value is -3.62. The molecule has 0 saturated carbocycles. The predicted molar refractivity (Wildman–Crippen MR) is 98.6 cm³/mol. The third-order valence-corrected chi connectivity index (χ3v) is 4.47. The lowest BCUT2D eigenvalue weighted by Crippen LogP contribution is -2.28. The Morgan fingerprint density at radius 3 is 2.68 bits per heavy atom. The van der Waals surface area contributed by atoms with Gasteiger partial charge < -0.3 is 10.2 Å². The number of amides is 2. The van der Waals surface area contributed by atoms with Crippen LogP contribution < -0.4 is 10.2 Å². The number of nitro groups is 1. The Labute approximate surface area is 159 Å². The maximum atomic E-state index is 13.5. The number of nitro benzene ring substituents is 1. The molecule has 2 aromatic carbocycles. The first-order chi connectivity index (χ1) is 13.3. The number of hydrogen-bond donors (Lipinski definition) is 1. The van der Waals surface area contributed by atoms with Gasteiger partial charge in [-0.2, -0.15) is 4.39 Å². The van der Waals surface area contributed by atoms with Crippen molar-refractivity contribution in [1.82, 2.24) is 0 Å². The number of rotatable bonds is 5. The highest BCUT2D eigenvalue weighted by Gasteiger charge is 2.36. The van der Waals surface area contributed by atoms with Crippen molar-refractivity contribution in [2.75, 3.05) is 16.8 Å². The van der Waals surface area contributed by atoms with E-state index in [0.717, 1.165) is 12.1 Å². The van der Waals surface area contributed by atoms with E-state index in [2.05, 4.69) is 5.32 Å². The zero-order valence-electron chi connectivity index (χ0n) is 14.8. The molecule has 1 fully saturated rings. The number of halogens is 1. The van der Waals surface area contributed by atoms with Crippen LogP contribution in [-0.4, -0.2) is 29.1 Å². The summed E-state index contributed by atoms with van der Waals surface area (Å²) in [6.07, 6.45) is -0.0800. The van der Waals surface area contributed by atoms with E-state index in [-0.39, 0.29) is 24.4 Å². The van der Waals surface area contributed by atoms with E-state index in [4.69, 9.17) is 0 Å². The first-order valence-electron chi connectivity index (χ1n) is 8.42. The van der Waals surface area contributed by atoms with Gasteiger partial charge in [-0.3, -0.25) is 24.5 Å². The molecule has 0 aliphatic carbocycles. The minimum atomic E-state index is -1.000. The molecular weight excluding hydrogens is 369 g/mol. The monoisotopic (exact) mass is 385 g/mol. The van der Waals surface area contributed by atoms with Gasteiger partial charge in [-0.1, -0.05) is 12.1 Å². The summed E-state index contributed by atoms with van der Waals surface area (Å²) in [7, 11) is 0. The lowest BCUT2D eigenvalue weighted by Gasteiger charge is -2.16. The summed E-state index contributed by atoms with van der Waals surface area (Å²) in [5.74, 6) is -2.62. The highest BCUT2D eigenvalue weighted by Crippen LogP contribution is 2.30. The van der Waals surface area contributed by atoms with Gasteiger partial charge in [0.1, 0.15) is 0 Å². The van der Waals surface area contributed by atoms with Gasteiger partial charge in [-0.05, 0) is 31.2 Å². The first kappa shape index (κ1) is 19.2. The fourth-order valence-corrected chi connectivity index (χ4v) is 3.00. The van der Waals surface area contributed by atoms with Gasteiger partial charge in [0.2, 0.25) is 17.6 Å². The van der Waals surface area contributed by atoms with Crippen LogP contribution in [0.15, 0.2) is 42.5 Å². The highest BCUT2D eigenvalue weighted by atomic mass is 19.1. The second kappa shape index (κ2) is 7.55. The minimum absolute atomic E-state index is 0.0137. The van der Waals surface area contributed by atoms with E-state index in [1.54, 1.807) is 18.2 Å². The minimum Gasteiger partial charge on any atom is -0.326 e. The van der Waals surface area contributed by atoms with Gasteiger partial charge >= 0.3 is 5.69 Å². The average molecular weight is 385 g/mol. The summed E-state index contributed by atoms with van der Waals surface area (Å²) in [4.78, 5) is 47.5. The third kappa shape index (κ3) is 3.88. The molecule has 3 rings (SSSR count). The number of benzene rings is 2. The number of carbonyl (C=O) groups excluding carboxylic acids is 3. The summed E-state index contributed by atoms with van der Waals surface area (Å²) >= 11 is 0. The van der Waals surface area contributed by atoms with E-state index in [0.29, 0.717) is 11.3 Å². The Kier molecular flexibility index (Phi) is 5.16. The normalized spacial score (nSPS) is 16.1. The van der Waals surface area contributed by atoms with Crippen molar-refractivity contribution < 1.29 is 23.7 Å². The molecule has 8 nitrogen and oxygen atoms in total.